The van der Waals surface area contributed by atoms with Crippen LogP contribution < -0.4 is 5.32 Å². The van der Waals surface area contributed by atoms with Crippen molar-refractivity contribution in [1.82, 2.24) is 10.2 Å². The summed E-state index contributed by atoms with van der Waals surface area (Å²) < 4.78 is 19.4. The molecule has 3 aromatic carbocycles. The molecular weight excluding hydrogens is 400 g/mol. The zero-order valence-electron chi connectivity index (χ0n) is 14.4. The number of benzene rings is 3. The highest BCUT2D eigenvalue weighted by Crippen LogP contribution is 2.33. The number of hydrogen-bond donors (Lipinski definition) is 1. The lowest BCUT2D eigenvalue weighted by atomic mass is 10.1. The minimum atomic E-state index is -0.587. The Labute approximate surface area is 170 Å². The minimum Gasteiger partial charge on any atom is -0.418 e. The van der Waals surface area contributed by atoms with Crippen LogP contribution in [-0.4, -0.2) is 10.2 Å². The van der Waals surface area contributed by atoms with E-state index in [1.165, 1.54) is 12.1 Å². The molecule has 0 saturated carbocycles. The molecule has 4 nitrogen and oxygen atoms in total. The summed E-state index contributed by atoms with van der Waals surface area (Å²) in [7, 11) is 0. The molecule has 0 saturated heterocycles. The lowest BCUT2D eigenvalue weighted by molar-refractivity contribution is 0.494. The van der Waals surface area contributed by atoms with E-state index in [0.29, 0.717) is 22.4 Å². The van der Waals surface area contributed by atoms with Gasteiger partial charge in [-0.25, -0.2) is 4.39 Å². The highest BCUT2D eigenvalue weighted by molar-refractivity contribution is 6.31. The summed E-state index contributed by atoms with van der Waals surface area (Å²) in [5, 5.41) is 12.4. The van der Waals surface area contributed by atoms with E-state index < -0.39 is 11.9 Å². The van der Waals surface area contributed by atoms with E-state index in [-0.39, 0.29) is 5.02 Å². The fourth-order valence-corrected chi connectivity index (χ4v) is 3.27. The lowest BCUT2D eigenvalue weighted by Gasteiger charge is -2.18. The monoisotopic (exact) mass is 413 g/mol. The number of nitrogens with one attached hydrogen (secondary N) is 1. The third-order valence-corrected chi connectivity index (χ3v) is 4.68. The predicted molar refractivity (Wildman–Crippen MR) is 108 cm³/mol. The predicted octanol–water partition coefficient (Wildman–Crippen LogP) is 6.38. The van der Waals surface area contributed by atoms with Crippen LogP contribution in [0.15, 0.2) is 77.2 Å². The smallest absolute Gasteiger partial charge is 0.247 e. The second kappa shape index (κ2) is 8.00. The van der Waals surface area contributed by atoms with E-state index in [9.17, 15) is 4.39 Å². The summed E-state index contributed by atoms with van der Waals surface area (Å²) in [5.74, 6) is 0.254. The Hall–Kier alpha value is -2.89. The summed E-state index contributed by atoms with van der Waals surface area (Å²) in [5.41, 5.74) is 2.14. The maximum atomic E-state index is 13.5. The van der Waals surface area contributed by atoms with Crippen LogP contribution in [0.4, 0.5) is 10.1 Å². The molecule has 1 heterocycles. The van der Waals surface area contributed by atoms with Crippen molar-refractivity contribution >= 4 is 28.9 Å². The van der Waals surface area contributed by atoms with Crippen LogP contribution in [0.25, 0.3) is 11.5 Å². The van der Waals surface area contributed by atoms with Gasteiger partial charge in [0.15, 0.2) is 0 Å². The van der Waals surface area contributed by atoms with Gasteiger partial charge in [-0.05, 0) is 42.5 Å². The van der Waals surface area contributed by atoms with Gasteiger partial charge in [-0.2, -0.15) is 0 Å². The zero-order chi connectivity index (χ0) is 19.5. The van der Waals surface area contributed by atoms with E-state index in [4.69, 9.17) is 27.6 Å². The van der Waals surface area contributed by atoms with Crippen molar-refractivity contribution in [1.29, 1.82) is 0 Å². The van der Waals surface area contributed by atoms with Gasteiger partial charge in [0, 0.05) is 26.9 Å². The normalized spacial score (nSPS) is 12.0. The SMILES string of the molecule is Fc1ccc([C@@H](Nc2cccc(Cl)c2)c2nnc(-c3ccccc3)o2)c(Cl)c1. The van der Waals surface area contributed by atoms with Crippen LogP contribution in [0, 0.1) is 5.82 Å². The van der Waals surface area contributed by atoms with Crippen LogP contribution in [-0.2, 0) is 0 Å². The molecule has 7 heteroatoms. The molecule has 0 aliphatic rings. The number of hydrogen-bond acceptors (Lipinski definition) is 4. The molecule has 0 fully saturated rings. The molecule has 0 bridgehead atoms. The molecule has 0 radical (unpaired) electrons. The average Bonchev–Trinajstić information content (AvgIpc) is 3.17. The first-order chi connectivity index (χ1) is 13.6. The average molecular weight is 414 g/mol. The first-order valence-electron chi connectivity index (χ1n) is 8.46. The summed E-state index contributed by atoms with van der Waals surface area (Å²) in [6.45, 7) is 0. The Morgan fingerprint density at radius 2 is 1.71 bits per heavy atom. The zero-order valence-corrected chi connectivity index (χ0v) is 16.0. The second-order valence-corrected chi connectivity index (χ2v) is 6.91. The molecule has 1 aromatic heterocycles. The van der Waals surface area contributed by atoms with Crippen molar-refractivity contribution in [3.05, 3.63) is 100 Å². The quantitative estimate of drug-likeness (QED) is 0.412. The van der Waals surface area contributed by atoms with Crippen LogP contribution in [0.1, 0.15) is 17.5 Å². The van der Waals surface area contributed by atoms with E-state index in [1.54, 1.807) is 18.2 Å². The van der Waals surface area contributed by atoms with E-state index in [0.717, 1.165) is 11.3 Å². The number of nitrogens with zero attached hydrogens (tertiary/aromatic N) is 2. The summed E-state index contributed by atoms with van der Waals surface area (Å²) in [4.78, 5) is 0. The minimum absolute atomic E-state index is 0.249. The number of aromatic nitrogens is 2. The van der Waals surface area contributed by atoms with E-state index in [2.05, 4.69) is 15.5 Å². The van der Waals surface area contributed by atoms with Crippen molar-refractivity contribution in [2.24, 2.45) is 0 Å². The number of halogens is 3. The van der Waals surface area contributed by atoms with Crippen LogP contribution >= 0.6 is 23.2 Å². The van der Waals surface area contributed by atoms with Gasteiger partial charge in [0.2, 0.25) is 11.8 Å². The molecule has 0 spiro atoms. The van der Waals surface area contributed by atoms with Crippen molar-refractivity contribution in [3.8, 4) is 11.5 Å². The third-order valence-electron chi connectivity index (χ3n) is 4.12. The second-order valence-electron chi connectivity index (χ2n) is 6.07. The Morgan fingerprint density at radius 1 is 0.893 bits per heavy atom. The van der Waals surface area contributed by atoms with Gasteiger partial charge in [0.05, 0.1) is 0 Å². The largest absolute Gasteiger partial charge is 0.418 e. The molecule has 0 aliphatic carbocycles. The highest BCUT2D eigenvalue weighted by atomic mass is 35.5. The third kappa shape index (κ3) is 4.01. The van der Waals surface area contributed by atoms with Gasteiger partial charge in [-0.3, -0.25) is 0 Å². The Bertz CT molecular complexity index is 1100. The fraction of sp³-hybridized carbons (Fsp3) is 0.0476. The number of anilines is 1. The molecule has 4 aromatic rings. The first kappa shape index (κ1) is 18.5. The first-order valence-corrected chi connectivity index (χ1v) is 9.21. The molecule has 0 aliphatic heterocycles. The molecule has 0 unspecified atom stereocenters. The number of rotatable bonds is 5. The summed E-state index contributed by atoms with van der Waals surface area (Å²) >= 11 is 12.4. The molecular formula is C21H14Cl2FN3O. The van der Waals surface area contributed by atoms with Gasteiger partial charge >= 0.3 is 0 Å². The van der Waals surface area contributed by atoms with Gasteiger partial charge in [0.25, 0.3) is 0 Å². The van der Waals surface area contributed by atoms with Crippen LogP contribution in [0.3, 0.4) is 0 Å². The lowest BCUT2D eigenvalue weighted by Crippen LogP contribution is -2.13. The Kier molecular flexibility index (Phi) is 5.28. The van der Waals surface area contributed by atoms with Crippen molar-refractivity contribution < 1.29 is 8.81 Å². The molecule has 4 rings (SSSR count). The van der Waals surface area contributed by atoms with Gasteiger partial charge < -0.3 is 9.73 Å². The van der Waals surface area contributed by atoms with Crippen LogP contribution in [0.5, 0.6) is 0 Å². The Morgan fingerprint density at radius 3 is 2.46 bits per heavy atom. The van der Waals surface area contributed by atoms with Crippen molar-refractivity contribution in [2.45, 2.75) is 6.04 Å². The molecule has 1 atom stereocenters. The van der Waals surface area contributed by atoms with Crippen molar-refractivity contribution in [2.75, 3.05) is 5.32 Å². The summed E-state index contributed by atoms with van der Waals surface area (Å²) in [6.07, 6.45) is 0. The highest BCUT2D eigenvalue weighted by Gasteiger charge is 2.24. The molecule has 28 heavy (non-hydrogen) atoms. The fourth-order valence-electron chi connectivity index (χ4n) is 2.80. The standard InChI is InChI=1S/C21H14Cl2FN3O/c22-14-7-4-8-16(11-14)25-19(17-10-9-15(24)12-18(17)23)21-27-26-20(28-21)13-5-2-1-3-6-13/h1-12,19,25H/t19-/m1/s1. The maximum Gasteiger partial charge on any atom is 0.247 e. The van der Waals surface area contributed by atoms with Gasteiger partial charge in [-0.15, -0.1) is 10.2 Å². The molecule has 140 valence electrons. The maximum absolute atomic E-state index is 13.5. The van der Waals surface area contributed by atoms with Gasteiger partial charge in [0.1, 0.15) is 11.9 Å². The Balaban J connectivity index is 1.75. The van der Waals surface area contributed by atoms with E-state index in [1.807, 2.05) is 42.5 Å². The van der Waals surface area contributed by atoms with Crippen LogP contribution in [0.2, 0.25) is 10.0 Å². The molecule has 0 amide bonds. The topological polar surface area (TPSA) is 51.0 Å². The molecule has 1 N–H and O–H groups in total. The summed E-state index contributed by atoms with van der Waals surface area (Å²) in [6, 6.07) is 20.2. The van der Waals surface area contributed by atoms with Gasteiger partial charge in [-0.1, -0.05) is 53.5 Å². The van der Waals surface area contributed by atoms with E-state index >= 15 is 0 Å². The van der Waals surface area contributed by atoms with Crippen molar-refractivity contribution in [3.63, 3.8) is 0 Å².